The Kier molecular flexibility index (Phi) is 6.97. The lowest BCUT2D eigenvalue weighted by Crippen LogP contribution is -2.61. The Labute approximate surface area is 156 Å². The summed E-state index contributed by atoms with van der Waals surface area (Å²) in [5.74, 6) is 2.40. The van der Waals surface area contributed by atoms with E-state index < -0.39 is 0 Å². The lowest BCUT2D eigenvalue weighted by Gasteiger charge is -2.56. The molecule has 4 aliphatic carbocycles. The van der Waals surface area contributed by atoms with Crippen LogP contribution in [0.5, 0.6) is 0 Å². The summed E-state index contributed by atoms with van der Waals surface area (Å²) in [5.41, 5.74) is 5.67. The summed E-state index contributed by atoms with van der Waals surface area (Å²) < 4.78 is 0. The van der Waals surface area contributed by atoms with Crippen LogP contribution in [0, 0.1) is 17.8 Å². The highest BCUT2D eigenvalue weighted by molar-refractivity contribution is 5.85. The molecule has 0 heterocycles. The van der Waals surface area contributed by atoms with Crippen LogP contribution >= 0.6 is 12.4 Å². The van der Waals surface area contributed by atoms with Crippen LogP contribution in [0.3, 0.4) is 0 Å². The zero-order chi connectivity index (χ0) is 17.2. The van der Waals surface area contributed by atoms with Gasteiger partial charge in [-0.25, -0.2) is 4.79 Å². The monoisotopic (exact) mass is 372 g/mol. The minimum absolute atomic E-state index is 0. The molecule has 7 heteroatoms. The molecule has 0 spiro atoms. The molecule has 1 atom stereocenters. The molecule has 0 aliphatic heterocycles. The fourth-order valence-electron chi connectivity index (χ4n) is 5.37. The van der Waals surface area contributed by atoms with Crippen molar-refractivity contribution in [2.45, 2.75) is 69.9 Å². The Bertz CT molecular complexity index is 448. The van der Waals surface area contributed by atoms with Crippen molar-refractivity contribution >= 4 is 24.3 Å². The summed E-state index contributed by atoms with van der Waals surface area (Å²) in [6, 6.07) is -0.0187. The van der Waals surface area contributed by atoms with Gasteiger partial charge in [0.15, 0.2) is 0 Å². The van der Waals surface area contributed by atoms with Crippen LogP contribution in [0.15, 0.2) is 0 Å². The number of urea groups is 1. The SMILES string of the molecule is CC(N)CCNC(=O)CCNC(=O)NC12CC3CC(CC(C3)C1)C2.Cl. The zero-order valence-corrected chi connectivity index (χ0v) is 16.0. The van der Waals surface area contributed by atoms with Crippen LogP contribution < -0.4 is 21.7 Å². The van der Waals surface area contributed by atoms with Gasteiger partial charge in [-0.05, 0) is 69.6 Å². The first-order chi connectivity index (χ1) is 11.4. The molecule has 4 bridgehead atoms. The van der Waals surface area contributed by atoms with Gasteiger partial charge in [0, 0.05) is 31.1 Å². The van der Waals surface area contributed by atoms with Crippen molar-refractivity contribution in [2.75, 3.05) is 13.1 Å². The normalized spacial score (nSPS) is 33.3. The average molecular weight is 373 g/mol. The van der Waals surface area contributed by atoms with Crippen molar-refractivity contribution in [3.8, 4) is 0 Å². The molecule has 4 fully saturated rings. The summed E-state index contributed by atoms with van der Waals surface area (Å²) in [7, 11) is 0. The maximum atomic E-state index is 12.2. The number of carbonyl (C=O) groups is 2. The van der Waals surface area contributed by atoms with Crippen molar-refractivity contribution in [1.29, 1.82) is 0 Å². The first-order valence-corrected chi connectivity index (χ1v) is 9.52. The Hall–Kier alpha value is -1.01. The number of hydrogen-bond donors (Lipinski definition) is 4. The van der Waals surface area contributed by atoms with Gasteiger partial charge >= 0.3 is 6.03 Å². The summed E-state index contributed by atoms with van der Waals surface area (Å²) in [4.78, 5) is 23.9. The minimum Gasteiger partial charge on any atom is -0.356 e. The molecule has 0 aromatic rings. The molecule has 0 saturated heterocycles. The van der Waals surface area contributed by atoms with Gasteiger partial charge < -0.3 is 21.7 Å². The molecule has 3 amide bonds. The second kappa shape index (κ2) is 8.58. The maximum absolute atomic E-state index is 12.2. The first kappa shape index (κ1) is 20.3. The van der Waals surface area contributed by atoms with E-state index in [1.807, 2.05) is 6.92 Å². The Morgan fingerprint density at radius 1 is 1.04 bits per heavy atom. The maximum Gasteiger partial charge on any atom is 0.315 e. The molecular formula is C18H33ClN4O2. The minimum atomic E-state index is -0.111. The fraction of sp³-hybridized carbons (Fsp3) is 0.889. The van der Waals surface area contributed by atoms with Crippen LogP contribution in [-0.4, -0.2) is 36.6 Å². The van der Waals surface area contributed by atoms with E-state index in [1.165, 1.54) is 19.3 Å². The third kappa shape index (κ3) is 5.48. The summed E-state index contributed by atoms with van der Waals surface area (Å²) >= 11 is 0. The van der Waals surface area contributed by atoms with Crippen LogP contribution in [-0.2, 0) is 4.79 Å². The molecular weight excluding hydrogens is 340 g/mol. The van der Waals surface area contributed by atoms with Gasteiger partial charge in [-0.2, -0.15) is 0 Å². The van der Waals surface area contributed by atoms with Crippen LogP contribution in [0.4, 0.5) is 4.79 Å². The van der Waals surface area contributed by atoms with Crippen molar-refractivity contribution < 1.29 is 9.59 Å². The standard InChI is InChI=1S/C18H32N4O2.ClH/c1-12(19)2-4-20-16(23)3-5-21-17(24)22-18-9-13-6-14(10-18)8-15(7-13)11-18;/h12-15H,2-11,19H2,1H3,(H,20,23)(H2,21,22,24);1H. The highest BCUT2D eigenvalue weighted by atomic mass is 35.5. The number of rotatable bonds is 7. The number of hydrogen-bond acceptors (Lipinski definition) is 3. The molecule has 4 rings (SSSR count). The van der Waals surface area contributed by atoms with E-state index in [9.17, 15) is 9.59 Å². The third-order valence-electron chi connectivity index (χ3n) is 5.98. The van der Waals surface area contributed by atoms with Crippen molar-refractivity contribution in [3.63, 3.8) is 0 Å². The summed E-state index contributed by atoms with van der Waals surface area (Å²) in [6.07, 6.45) is 8.61. The number of nitrogens with one attached hydrogen (secondary N) is 3. The number of halogens is 1. The smallest absolute Gasteiger partial charge is 0.315 e. The van der Waals surface area contributed by atoms with E-state index in [0.29, 0.717) is 19.5 Å². The Morgan fingerprint density at radius 2 is 1.60 bits per heavy atom. The molecule has 6 nitrogen and oxygen atoms in total. The van der Waals surface area contributed by atoms with Crippen molar-refractivity contribution in [3.05, 3.63) is 0 Å². The van der Waals surface area contributed by atoms with Crippen LogP contribution in [0.1, 0.15) is 58.3 Å². The zero-order valence-electron chi connectivity index (χ0n) is 15.2. The van der Waals surface area contributed by atoms with E-state index >= 15 is 0 Å². The van der Waals surface area contributed by atoms with Gasteiger partial charge in [-0.3, -0.25) is 4.79 Å². The van der Waals surface area contributed by atoms with Crippen LogP contribution in [0.25, 0.3) is 0 Å². The Balaban J connectivity index is 0.00000225. The van der Waals surface area contributed by atoms with Gasteiger partial charge in [-0.15, -0.1) is 12.4 Å². The van der Waals surface area contributed by atoms with Crippen molar-refractivity contribution in [1.82, 2.24) is 16.0 Å². The van der Waals surface area contributed by atoms with Gasteiger partial charge in [0.25, 0.3) is 0 Å². The highest BCUT2D eigenvalue weighted by Crippen LogP contribution is 2.55. The second-order valence-corrected chi connectivity index (χ2v) is 8.44. The molecule has 0 radical (unpaired) electrons. The van der Waals surface area contributed by atoms with E-state index in [-0.39, 0.29) is 35.9 Å². The third-order valence-corrected chi connectivity index (χ3v) is 5.98. The topological polar surface area (TPSA) is 96.2 Å². The number of amides is 3. The summed E-state index contributed by atoms with van der Waals surface area (Å²) in [5, 5.41) is 8.93. The van der Waals surface area contributed by atoms with Gasteiger partial charge in [0.05, 0.1) is 0 Å². The fourth-order valence-corrected chi connectivity index (χ4v) is 5.37. The molecule has 25 heavy (non-hydrogen) atoms. The van der Waals surface area contributed by atoms with Crippen LogP contribution in [0.2, 0.25) is 0 Å². The van der Waals surface area contributed by atoms with E-state index in [2.05, 4.69) is 16.0 Å². The predicted molar refractivity (Wildman–Crippen MR) is 101 cm³/mol. The van der Waals surface area contributed by atoms with Gasteiger partial charge in [0.2, 0.25) is 5.91 Å². The second-order valence-electron chi connectivity index (χ2n) is 8.44. The number of nitrogens with two attached hydrogens (primary N) is 1. The lowest BCUT2D eigenvalue weighted by atomic mass is 9.53. The predicted octanol–water partition coefficient (Wildman–Crippen LogP) is 1.92. The molecule has 0 aromatic heterocycles. The first-order valence-electron chi connectivity index (χ1n) is 9.52. The van der Waals surface area contributed by atoms with Crippen molar-refractivity contribution in [2.24, 2.45) is 23.5 Å². The Morgan fingerprint density at radius 3 is 2.12 bits per heavy atom. The quantitative estimate of drug-likeness (QED) is 0.549. The molecule has 4 aliphatic rings. The van der Waals surface area contributed by atoms with E-state index in [0.717, 1.165) is 43.4 Å². The molecule has 0 aromatic carbocycles. The molecule has 144 valence electrons. The molecule has 5 N–H and O–H groups in total. The van der Waals surface area contributed by atoms with E-state index in [1.54, 1.807) is 0 Å². The number of carbonyl (C=O) groups excluding carboxylic acids is 2. The summed E-state index contributed by atoms with van der Waals surface area (Å²) in [6.45, 7) is 2.89. The van der Waals surface area contributed by atoms with Gasteiger partial charge in [-0.1, -0.05) is 0 Å². The average Bonchev–Trinajstić information content (AvgIpc) is 2.44. The largest absolute Gasteiger partial charge is 0.356 e. The van der Waals surface area contributed by atoms with E-state index in [4.69, 9.17) is 5.73 Å². The molecule has 4 saturated carbocycles. The molecule has 1 unspecified atom stereocenters. The lowest BCUT2D eigenvalue weighted by molar-refractivity contribution is -0.120. The van der Waals surface area contributed by atoms with Gasteiger partial charge in [0.1, 0.15) is 0 Å². The highest BCUT2D eigenvalue weighted by Gasteiger charge is 2.51.